The predicted octanol–water partition coefficient (Wildman–Crippen LogP) is 3.39. The Kier molecular flexibility index (Phi) is 4.59. The lowest BCUT2D eigenvalue weighted by Gasteiger charge is -2.24. The van der Waals surface area contributed by atoms with Crippen molar-refractivity contribution in [1.82, 2.24) is 9.55 Å². The molecule has 0 radical (unpaired) electrons. The molecular weight excluding hydrogens is 222 g/mol. The lowest BCUT2D eigenvalue weighted by atomic mass is 9.83. The fourth-order valence-corrected chi connectivity index (χ4v) is 2.86. The van der Waals surface area contributed by atoms with Crippen LogP contribution < -0.4 is 5.73 Å². The third kappa shape index (κ3) is 3.02. The normalized spacial score (nSPS) is 18.6. The summed E-state index contributed by atoms with van der Waals surface area (Å²) in [5, 5.41) is 0. The Morgan fingerprint density at radius 1 is 1.44 bits per heavy atom. The second kappa shape index (κ2) is 6.19. The Labute approximate surface area is 110 Å². The molecule has 2 N–H and O–H groups in total. The van der Waals surface area contributed by atoms with Crippen LogP contribution in [0.25, 0.3) is 6.08 Å². The van der Waals surface area contributed by atoms with Crippen LogP contribution in [0.5, 0.6) is 0 Å². The predicted molar refractivity (Wildman–Crippen MR) is 76.2 cm³/mol. The average Bonchev–Trinajstić information content (AvgIpc) is 2.85. The first-order valence-electron chi connectivity index (χ1n) is 7.14. The molecule has 1 fully saturated rings. The van der Waals surface area contributed by atoms with Gasteiger partial charge in [-0.1, -0.05) is 24.8 Å². The Morgan fingerprint density at radius 3 is 2.78 bits per heavy atom. The van der Waals surface area contributed by atoms with Crippen LogP contribution in [0, 0.1) is 5.92 Å². The van der Waals surface area contributed by atoms with Crippen LogP contribution in [0.1, 0.15) is 57.7 Å². The summed E-state index contributed by atoms with van der Waals surface area (Å²) >= 11 is 0. The van der Waals surface area contributed by atoms with Crippen molar-refractivity contribution in [3.05, 3.63) is 23.8 Å². The van der Waals surface area contributed by atoms with E-state index in [-0.39, 0.29) is 0 Å². The first-order valence-corrected chi connectivity index (χ1v) is 7.14. The SMILES string of the molecule is CC(C)n1cncc1C=C(CN)C1CCCCC1. The molecule has 0 aromatic carbocycles. The molecule has 0 unspecified atom stereocenters. The molecule has 1 aliphatic rings. The van der Waals surface area contributed by atoms with Gasteiger partial charge in [-0.05, 0) is 38.7 Å². The number of hydrogen-bond acceptors (Lipinski definition) is 2. The zero-order valence-corrected chi connectivity index (χ0v) is 11.6. The number of imidazole rings is 1. The first-order chi connectivity index (χ1) is 8.72. The van der Waals surface area contributed by atoms with Gasteiger partial charge in [0, 0.05) is 12.6 Å². The van der Waals surface area contributed by atoms with E-state index in [1.54, 1.807) is 0 Å². The van der Waals surface area contributed by atoms with Gasteiger partial charge in [-0.15, -0.1) is 0 Å². The Balaban J connectivity index is 2.19. The highest BCUT2D eigenvalue weighted by atomic mass is 15.1. The number of nitrogens with two attached hydrogens (primary N) is 1. The van der Waals surface area contributed by atoms with Gasteiger partial charge in [-0.3, -0.25) is 0 Å². The highest BCUT2D eigenvalue weighted by molar-refractivity contribution is 5.50. The molecule has 100 valence electrons. The van der Waals surface area contributed by atoms with Crippen molar-refractivity contribution < 1.29 is 0 Å². The van der Waals surface area contributed by atoms with Gasteiger partial charge in [-0.2, -0.15) is 0 Å². The highest BCUT2D eigenvalue weighted by Gasteiger charge is 2.17. The van der Waals surface area contributed by atoms with Crippen LogP contribution in [0.15, 0.2) is 18.1 Å². The summed E-state index contributed by atoms with van der Waals surface area (Å²) in [5.41, 5.74) is 8.54. The molecule has 1 heterocycles. The molecule has 3 heteroatoms. The lowest BCUT2D eigenvalue weighted by molar-refractivity contribution is 0.401. The molecule has 1 aromatic heterocycles. The van der Waals surface area contributed by atoms with Gasteiger partial charge in [0.2, 0.25) is 0 Å². The van der Waals surface area contributed by atoms with Gasteiger partial charge in [0.25, 0.3) is 0 Å². The van der Waals surface area contributed by atoms with Crippen LogP contribution in [0.4, 0.5) is 0 Å². The van der Waals surface area contributed by atoms with Crippen LogP contribution in [0.2, 0.25) is 0 Å². The molecule has 0 saturated heterocycles. The smallest absolute Gasteiger partial charge is 0.0953 e. The van der Waals surface area contributed by atoms with Crippen molar-refractivity contribution in [2.24, 2.45) is 11.7 Å². The Hall–Kier alpha value is -1.09. The summed E-state index contributed by atoms with van der Waals surface area (Å²) in [5.74, 6) is 0.694. The molecule has 0 aliphatic heterocycles. The van der Waals surface area contributed by atoms with E-state index >= 15 is 0 Å². The monoisotopic (exact) mass is 247 g/mol. The zero-order valence-electron chi connectivity index (χ0n) is 11.6. The highest BCUT2D eigenvalue weighted by Crippen LogP contribution is 2.30. The summed E-state index contributed by atoms with van der Waals surface area (Å²) in [4.78, 5) is 4.25. The van der Waals surface area contributed by atoms with E-state index in [1.165, 1.54) is 43.4 Å². The van der Waals surface area contributed by atoms with E-state index in [0.717, 1.165) is 0 Å². The van der Waals surface area contributed by atoms with E-state index in [2.05, 4.69) is 29.5 Å². The molecule has 0 atom stereocenters. The molecule has 18 heavy (non-hydrogen) atoms. The number of aromatic nitrogens is 2. The fraction of sp³-hybridized carbons (Fsp3) is 0.667. The van der Waals surface area contributed by atoms with Crippen LogP contribution in [-0.2, 0) is 0 Å². The van der Waals surface area contributed by atoms with Crippen molar-refractivity contribution in [2.75, 3.05) is 6.54 Å². The number of nitrogens with zero attached hydrogens (tertiary/aromatic N) is 2. The van der Waals surface area contributed by atoms with E-state index in [0.29, 0.717) is 18.5 Å². The minimum atomic E-state index is 0.448. The van der Waals surface area contributed by atoms with E-state index in [1.807, 2.05) is 12.5 Å². The summed E-state index contributed by atoms with van der Waals surface area (Å²) in [6.45, 7) is 5.04. The third-order valence-corrected chi connectivity index (χ3v) is 3.95. The van der Waals surface area contributed by atoms with Crippen molar-refractivity contribution in [3.8, 4) is 0 Å². The standard InChI is InChI=1S/C15H25N3/c1-12(2)18-11-17-10-15(18)8-14(9-16)13-6-4-3-5-7-13/h8,10-13H,3-7,9,16H2,1-2H3. The molecular formula is C15H25N3. The lowest BCUT2D eigenvalue weighted by Crippen LogP contribution is -2.16. The number of rotatable bonds is 4. The van der Waals surface area contributed by atoms with E-state index in [9.17, 15) is 0 Å². The van der Waals surface area contributed by atoms with Gasteiger partial charge < -0.3 is 10.3 Å². The minimum Gasteiger partial charge on any atom is -0.329 e. The minimum absolute atomic E-state index is 0.448. The first kappa shape index (κ1) is 13.3. The maximum atomic E-state index is 5.95. The Bertz CT molecular complexity index is 398. The average molecular weight is 247 g/mol. The van der Waals surface area contributed by atoms with Gasteiger partial charge in [0.05, 0.1) is 18.2 Å². The summed E-state index contributed by atoms with van der Waals surface area (Å²) < 4.78 is 2.21. The molecule has 1 aliphatic carbocycles. The molecule has 0 amide bonds. The third-order valence-electron chi connectivity index (χ3n) is 3.95. The van der Waals surface area contributed by atoms with Crippen LogP contribution >= 0.6 is 0 Å². The van der Waals surface area contributed by atoms with Gasteiger partial charge in [-0.25, -0.2) is 4.98 Å². The molecule has 2 rings (SSSR count). The number of hydrogen-bond donors (Lipinski definition) is 1. The maximum Gasteiger partial charge on any atom is 0.0953 e. The van der Waals surface area contributed by atoms with Gasteiger partial charge in [0.1, 0.15) is 0 Å². The van der Waals surface area contributed by atoms with Crippen molar-refractivity contribution >= 4 is 6.08 Å². The van der Waals surface area contributed by atoms with E-state index in [4.69, 9.17) is 5.73 Å². The van der Waals surface area contributed by atoms with Crippen LogP contribution in [-0.4, -0.2) is 16.1 Å². The molecule has 1 aromatic rings. The summed E-state index contributed by atoms with van der Waals surface area (Å²) in [6.07, 6.45) is 12.8. The zero-order chi connectivity index (χ0) is 13.0. The summed E-state index contributed by atoms with van der Waals surface area (Å²) in [6, 6.07) is 0.448. The molecule has 1 saturated carbocycles. The molecule has 0 bridgehead atoms. The second-order valence-electron chi connectivity index (χ2n) is 5.58. The maximum absolute atomic E-state index is 5.95. The Morgan fingerprint density at radius 2 is 2.17 bits per heavy atom. The van der Waals surface area contributed by atoms with Crippen molar-refractivity contribution in [2.45, 2.75) is 52.0 Å². The van der Waals surface area contributed by atoms with Gasteiger partial charge in [0.15, 0.2) is 0 Å². The van der Waals surface area contributed by atoms with Gasteiger partial charge >= 0.3 is 0 Å². The van der Waals surface area contributed by atoms with Crippen molar-refractivity contribution in [1.29, 1.82) is 0 Å². The molecule has 0 spiro atoms. The quantitative estimate of drug-likeness (QED) is 0.886. The van der Waals surface area contributed by atoms with E-state index < -0.39 is 0 Å². The van der Waals surface area contributed by atoms with Crippen LogP contribution in [0.3, 0.4) is 0 Å². The van der Waals surface area contributed by atoms with Crippen molar-refractivity contribution in [3.63, 3.8) is 0 Å². The fourth-order valence-electron chi connectivity index (χ4n) is 2.86. The summed E-state index contributed by atoms with van der Waals surface area (Å²) in [7, 11) is 0. The largest absolute Gasteiger partial charge is 0.329 e. The topological polar surface area (TPSA) is 43.8 Å². The molecule has 3 nitrogen and oxygen atoms in total. The second-order valence-corrected chi connectivity index (χ2v) is 5.58.